The number of ether oxygens (including phenoxy) is 2. The minimum atomic E-state index is -4.94. The first kappa shape index (κ1) is 33.7. The maximum Gasteiger partial charge on any atom is 0.220 e. The zero-order valence-corrected chi connectivity index (χ0v) is 20.3. The van der Waals surface area contributed by atoms with E-state index in [1.807, 2.05) is 12.1 Å². The van der Waals surface area contributed by atoms with Crippen molar-refractivity contribution in [2.75, 3.05) is 40.5 Å². The summed E-state index contributed by atoms with van der Waals surface area (Å²) in [4.78, 5) is 8.20. The van der Waals surface area contributed by atoms with E-state index < -0.39 is 10.2 Å². The number of hydrogen-bond donors (Lipinski definition) is 4. The Kier molecular flexibility index (Phi) is 18.8. The second kappa shape index (κ2) is 18.9. The molecule has 2 aromatic carbocycles. The summed E-state index contributed by atoms with van der Waals surface area (Å²) < 4.78 is 44.4. The van der Waals surface area contributed by atoms with E-state index in [1.165, 1.54) is 0 Å². The van der Waals surface area contributed by atoms with Crippen LogP contribution in [0.15, 0.2) is 58.5 Å². The zero-order chi connectivity index (χ0) is 25.3. The minimum absolute atomic E-state index is 0. The molecule has 0 aromatic heterocycles. The van der Waals surface area contributed by atoms with Crippen LogP contribution in [-0.4, -0.2) is 72.7 Å². The monoisotopic (exact) mass is 544 g/mol. The number of aliphatic hydroxyl groups excluding tert-OH is 2. The first-order valence-electron chi connectivity index (χ1n) is 9.18. The summed E-state index contributed by atoms with van der Waals surface area (Å²) in [6.45, 7) is 2.60. The van der Waals surface area contributed by atoms with Crippen LogP contribution in [0, 0.1) is 10.2 Å². The van der Waals surface area contributed by atoms with Crippen molar-refractivity contribution >= 4 is 11.8 Å². The number of aromatic hydroxyl groups is 2. The van der Waals surface area contributed by atoms with Crippen molar-refractivity contribution in [3.63, 3.8) is 0 Å². The second-order valence-corrected chi connectivity index (χ2v) is 6.24. The quantitative estimate of drug-likeness (QED) is 0.277. The van der Waals surface area contributed by atoms with Gasteiger partial charge < -0.3 is 29.9 Å². The normalized spacial score (nSPS) is 13.1. The molecule has 14 heteroatoms. The topological polar surface area (TPSA) is 216 Å². The molecule has 0 saturated heterocycles. The molecule has 191 valence electrons. The summed E-state index contributed by atoms with van der Waals surface area (Å²) in [6, 6.07) is 14.1. The molecule has 0 atom stereocenters. The van der Waals surface area contributed by atoms with Crippen LogP contribution in [0.2, 0.25) is 0 Å². The molecule has 34 heavy (non-hydrogen) atoms. The van der Waals surface area contributed by atoms with Crippen LogP contribution in [-0.2, 0) is 26.5 Å². The fourth-order valence-corrected chi connectivity index (χ4v) is 2.31. The number of aliphatic hydroxyl groups is 2. The smallest absolute Gasteiger partial charge is 0.220 e. The van der Waals surface area contributed by atoms with E-state index >= 15 is 0 Å². The van der Waals surface area contributed by atoms with Crippen molar-refractivity contribution in [2.45, 2.75) is 0 Å². The van der Waals surface area contributed by atoms with E-state index in [2.05, 4.69) is 9.98 Å². The molecule has 2 aromatic rings. The van der Waals surface area contributed by atoms with Crippen molar-refractivity contribution in [2.24, 2.45) is 9.98 Å². The molecular formula is C20H26ClMnN2O10-. The average molecular weight is 545 g/mol. The van der Waals surface area contributed by atoms with Crippen LogP contribution in [0.4, 0.5) is 0 Å². The van der Waals surface area contributed by atoms with Gasteiger partial charge in [0.25, 0.3) is 0 Å². The molecule has 0 fully saturated rings. The molecule has 4 N–H and O–H groups in total. The maximum absolute atomic E-state index is 9.41. The number of hydrogen-bond acceptors (Lipinski definition) is 12. The Balaban J connectivity index is 0. The van der Waals surface area contributed by atoms with Gasteiger partial charge in [-0.25, -0.2) is 28.6 Å². The van der Waals surface area contributed by atoms with Gasteiger partial charge in [-0.3, -0.25) is 0 Å². The predicted molar refractivity (Wildman–Crippen MR) is 107 cm³/mol. The fraction of sp³-hybridized carbons (Fsp3) is 0.300. The first-order valence-corrected chi connectivity index (χ1v) is 10.4. The Morgan fingerprint density at radius 3 is 1.21 bits per heavy atom. The number of halogens is 1. The number of benzene rings is 2. The molecule has 0 bridgehead atoms. The van der Waals surface area contributed by atoms with E-state index in [-0.39, 0.29) is 28.6 Å². The number of phenols is 2. The molecule has 2 aliphatic rings. The third-order valence-electron chi connectivity index (χ3n) is 3.44. The third-order valence-corrected chi connectivity index (χ3v) is 3.44. The van der Waals surface area contributed by atoms with Crippen LogP contribution in [0.5, 0.6) is 11.5 Å². The van der Waals surface area contributed by atoms with Gasteiger partial charge in [0.2, 0.25) is 11.8 Å². The summed E-state index contributed by atoms with van der Waals surface area (Å²) >= 11 is 0. The van der Waals surface area contributed by atoms with Gasteiger partial charge in [0.05, 0.1) is 24.2 Å². The van der Waals surface area contributed by atoms with E-state index in [0.717, 1.165) is 14.2 Å². The van der Waals surface area contributed by atoms with Crippen LogP contribution in [0.25, 0.3) is 0 Å². The van der Waals surface area contributed by atoms with Crippen LogP contribution in [0.1, 0.15) is 11.1 Å². The number of nitrogens with zero attached hydrogens (tertiary/aromatic N) is 2. The maximum atomic E-state index is 9.41. The number of rotatable bonds is 2. The Hall–Kier alpha value is -2.45. The zero-order valence-electron chi connectivity index (χ0n) is 18.3. The van der Waals surface area contributed by atoms with Crippen molar-refractivity contribution < 1.29 is 75.8 Å². The summed E-state index contributed by atoms with van der Waals surface area (Å²) in [6.07, 6.45) is 0. The van der Waals surface area contributed by atoms with Crippen LogP contribution < -0.4 is 18.6 Å². The minimum Gasteiger partial charge on any atom is -0.507 e. The average Bonchev–Trinajstić information content (AvgIpc) is 3.51. The van der Waals surface area contributed by atoms with Gasteiger partial charge in [-0.15, -0.1) is 10.2 Å². The second-order valence-electron chi connectivity index (χ2n) is 5.48. The van der Waals surface area contributed by atoms with Crippen molar-refractivity contribution in [3.8, 4) is 11.5 Å². The molecular weight excluding hydrogens is 519 g/mol. The molecule has 0 amide bonds. The van der Waals surface area contributed by atoms with Gasteiger partial charge in [0.15, 0.2) is 0 Å². The molecule has 0 saturated carbocycles. The summed E-state index contributed by atoms with van der Waals surface area (Å²) in [7, 11) is -2.94. The Morgan fingerprint density at radius 1 is 0.676 bits per heavy atom. The van der Waals surface area contributed by atoms with E-state index in [1.54, 1.807) is 36.4 Å². The van der Waals surface area contributed by atoms with E-state index in [0.29, 0.717) is 49.2 Å². The van der Waals surface area contributed by atoms with Crippen molar-refractivity contribution in [3.05, 3.63) is 59.7 Å². The van der Waals surface area contributed by atoms with E-state index in [9.17, 15) is 10.2 Å². The summed E-state index contributed by atoms with van der Waals surface area (Å²) in [5, 5.41) is 32.8. The number of phenolic OH excluding ortho intramolecular Hbond substituents is 2. The Bertz CT molecular complexity index is 807. The third kappa shape index (κ3) is 14.0. The molecule has 1 radical (unpaired) electrons. The SMILES string of the molecule is CO.CO.Oc1ccccc1C1=NCCO1.Oc1ccccc1C1=NCCO1.[Mn].[O-][Cl+3]([O-])([O-])[O-]. The first-order chi connectivity index (χ1) is 15.8. The molecule has 12 nitrogen and oxygen atoms in total. The van der Waals surface area contributed by atoms with Gasteiger partial charge >= 0.3 is 0 Å². The predicted octanol–water partition coefficient (Wildman–Crippen LogP) is -3.20. The van der Waals surface area contributed by atoms with Gasteiger partial charge in [-0.2, -0.15) is 0 Å². The largest absolute Gasteiger partial charge is 0.507 e. The van der Waals surface area contributed by atoms with Crippen molar-refractivity contribution in [1.82, 2.24) is 0 Å². The number of aliphatic imine (C=N–C) groups is 2. The molecule has 2 heterocycles. The molecule has 0 unspecified atom stereocenters. The Labute approximate surface area is 209 Å². The van der Waals surface area contributed by atoms with Crippen LogP contribution in [0.3, 0.4) is 0 Å². The van der Waals surface area contributed by atoms with Crippen molar-refractivity contribution in [1.29, 1.82) is 0 Å². The number of para-hydroxylation sites is 2. The van der Waals surface area contributed by atoms with Gasteiger partial charge in [0.1, 0.15) is 24.7 Å². The summed E-state index contributed by atoms with van der Waals surface area (Å²) in [5.74, 6) is 1.54. The van der Waals surface area contributed by atoms with Crippen LogP contribution >= 0.6 is 0 Å². The van der Waals surface area contributed by atoms with E-state index in [4.69, 9.17) is 38.3 Å². The molecule has 4 rings (SSSR count). The van der Waals surface area contributed by atoms with Gasteiger partial charge in [-0.1, -0.05) is 24.3 Å². The molecule has 0 spiro atoms. The molecule has 0 aliphatic carbocycles. The van der Waals surface area contributed by atoms with Gasteiger partial charge in [-0.05, 0) is 24.3 Å². The fourth-order valence-electron chi connectivity index (χ4n) is 2.31. The standard InChI is InChI=1S/2C9H9NO2.2CH4O.ClHO4.Mn/c2*11-8-4-2-1-3-7(8)9-10-5-6-12-9;2*1-2;2-1(3,4)5;/h2*1-4,11H,5-6H2;2*2H,1H3;(H,2,3,4,5);/p-1. The molecule has 2 aliphatic heterocycles. The van der Waals surface area contributed by atoms with Gasteiger partial charge in [0, 0.05) is 31.3 Å². The Morgan fingerprint density at radius 2 is 0.971 bits per heavy atom. The summed E-state index contributed by atoms with van der Waals surface area (Å²) in [5.41, 5.74) is 1.35.